The summed E-state index contributed by atoms with van der Waals surface area (Å²) in [7, 11) is 0. The summed E-state index contributed by atoms with van der Waals surface area (Å²) < 4.78 is 0.866. The van der Waals surface area contributed by atoms with E-state index in [4.69, 9.17) is 0 Å². The monoisotopic (exact) mass is 265 g/mol. The van der Waals surface area contributed by atoms with Crippen LogP contribution in [0.5, 0.6) is 0 Å². The van der Waals surface area contributed by atoms with Gasteiger partial charge in [-0.3, -0.25) is 0 Å². The second-order valence-corrected chi connectivity index (χ2v) is 4.13. The van der Waals surface area contributed by atoms with Crippen molar-refractivity contribution in [1.29, 1.82) is 0 Å². The molecule has 15 heavy (non-hydrogen) atoms. The van der Waals surface area contributed by atoms with Crippen molar-refractivity contribution in [2.75, 3.05) is 5.32 Å². The normalized spacial score (nSPS) is 10.3. The molecular weight excluding hydrogens is 254 g/mol. The highest BCUT2D eigenvalue weighted by Gasteiger charge is 2.00. The standard InChI is InChI=1S/C11H12BrN3/c1-8-10(4-5-11(12)15-8)14-7-9-3-2-6-13-9/h2-6,13-14H,7H2,1H3. The van der Waals surface area contributed by atoms with E-state index in [1.165, 1.54) is 0 Å². The number of aryl methyl sites for hydroxylation is 1. The van der Waals surface area contributed by atoms with Gasteiger partial charge in [-0.15, -0.1) is 0 Å². The molecule has 2 aromatic rings. The molecule has 0 saturated heterocycles. The fourth-order valence-electron chi connectivity index (χ4n) is 1.39. The third-order valence-corrected chi connectivity index (χ3v) is 2.63. The summed E-state index contributed by atoms with van der Waals surface area (Å²) in [4.78, 5) is 7.46. The van der Waals surface area contributed by atoms with Crippen LogP contribution < -0.4 is 5.32 Å². The van der Waals surface area contributed by atoms with Crippen LogP contribution >= 0.6 is 15.9 Å². The Kier molecular flexibility index (Phi) is 3.06. The summed E-state index contributed by atoms with van der Waals surface area (Å²) in [6.45, 7) is 2.78. The van der Waals surface area contributed by atoms with Crippen LogP contribution in [0.3, 0.4) is 0 Å². The quantitative estimate of drug-likeness (QED) is 0.838. The number of nitrogens with zero attached hydrogens (tertiary/aromatic N) is 1. The number of aromatic amines is 1. The van der Waals surface area contributed by atoms with Crippen LogP contribution in [0.25, 0.3) is 0 Å². The molecule has 0 spiro atoms. The van der Waals surface area contributed by atoms with Crippen molar-refractivity contribution in [3.05, 3.63) is 46.5 Å². The summed E-state index contributed by atoms with van der Waals surface area (Å²) in [5, 5.41) is 3.33. The fourth-order valence-corrected chi connectivity index (χ4v) is 1.78. The van der Waals surface area contributed by atoms with E-state index in [2.05, 4.69) is 37.3 Å². The second kappa shape index (κ2) is 4.49. The molecule has 0 aliphatic heterocycles. The first-order valence-electron chi connectivity index (χ1n) is 4.75. The first-order valence-corrected chi connectivity index (χ1v) is 5.54. The van der Waals surface area contributed by atoms with Gasteiger partial charge in [-0.2, -0.15) is 0 Å². The zero-order valence-electron chi connectivity index (χ0n) is 8.42. The Morgan fingerprint density at radius 1 is 1.40 bits per heavy atom. The SMILES string of the molecule is Cc1nc(Br)ccc1NCc1ccc[nH]1. The molecule has 0 atom stereocenters. The minimum absolute atomic E-state index is 0.789. The Labute approximate surface area is 97.1 Å². The van der Waals surface area contributed by atoms with Gasteiger partial charge in [0.15, 0.2) is 0 Å². The molecule has 2 rings (SSSR count). The maximum absolute atomic E-state index is 4.32. The van der Waals surface area contributed by atoms with E-state index >= 15 is 0 Å². The largest absolute Gasteiger partial charge is 0.378 e. The molecule has 0 saturated carbocycles. The molecule has 0 fully saturated rings. The van der Waals surface area contributed by atoms with Crippen LogP contribution in [0.4, 0.5) is 5.69 Å². The Bertz CT molecular complexity index is 437. The van der Waals surface area contributed by atoms with Crippen LogP contribution in [0, 0.1) is 6.92 Å². The summed E-state index contributed by atoms with van der Waals surface area (Å²) >= 11 is 3.34. The number of pyridine rings is 1. The molecule has 0 bridgehead atoms. The van der Waals surface area contributed by atoms with Gasteiger partial charge in [0.05, 0.1) is 17.9 Å². The van der Waals surface area contributed by atoms with Crippen LogP contribution in [0.2, 0.25) is 0 Å². The Balaban J connectivity index is 2.05. The number of aromatic nitrogens is 2. The van der Waals surface area contributed by atoms with Gasteiger partial charge in [0.1, 0.15) is 4.60 Å². The highest BCUT2D eigenvalue weighted by Crippen LogP contribution is 2.16. The number of H-pyrrole nitrogens is 1. The molecule has 2 N–H and O–H groups in total. The van der Waals surface area contributed by atoms with E-state index in [-0.39, 0.29) is 0 Å². The summed E-state index contributed by atoms with van der Waals surface area (Å²) in [6, 6.07) is 8.00. The lowest BCUT2D eigenvalue weighted by atomic mass is 10.3. The lowest BCUT2D eigenvalue weighted by molar-refractivity contribution is 1.05. The maximum Gasteiger partial charge on any atom is 0.106 e. The Morgan fingerprint density at radius 3 is 2.93 bits per heavy atom. The maximum atomic E-state index is 4.32. The summed E-state index contributed by atoms with van der Waals surface area (Å²) in [5.41, 5.74) is 3.22. The number of rotatable bonds is 3. The van der Waals surface area contributed by atoms with Gasteiger partial charge in [0, 0.05) is 11.9 Å². The lowest BCUT2D eigenvalue weighted by Crippen LogP contribution is -2.02. The van der Waals surface area contributed by atoms with Gasteiger partial charge in [-0.25, -0.2) is 4.98 Å². The third-order valence-electron chi connectivity index (χ3n) is 2.18. The summed E-state index contributed by atoms with van der Waals surface area (Å²) in [6.07, 6.45) is 1.92. The molecule has 4 heteroatoms. The molecule has 0 amide bonds. The third kappa shape index (κ3) is 2.59. The molecule has 2 aromatic heterocycles. The Hall–Kier alpha value is -1.29. The van der Waals surface area contributed by atoms with Crippen molar-refractivity contribution in [3.63, 3.8) is 0 Å². The molecule has 0 aliphatic carbocycles. The Morgan fingerprint density at radius 2 is 2.27 bits per heavy atom. The van der Waals surface area contributed by atoms with Gasteiger partial charge >= 0.3 is 0 Å². The number of anilines is 1. The number of hydrogen-bond acceptors (Lipinski definition) is 2. The average molecular weight is 266 g/mol. The number of nitrogens with one attached hydrogen (secondary N) is 2. The minimum Gasteiger partial charge on any atom is -0.378 e. The lowest BCUT2D eigenvalue weighted by Gasteiger charge is -2.07. The fraction of sp³-hybridized carbons (Fsp3) is 0.182. The van der Waals surface area contributed by atoms with E-state index < -0.39 is 0 Å². The highest BCUT2D eigenvalue weighted by atomic mass is 79.9. The molecule has 2 heterocycles. The predicted molar refractivity (Wildman–Crippen MR) is 64.8 cm³/mol. The van der Waals surface area contributed by atoms with E-state index in [1.807, 2.05) is 31.3 Å². The predicted octanol–water partition coefficient (Wildman–Crippen LogP) is 3.09. The van der Waals surface area contributed by atoms with Crippen molar-refractivity contribution >= 4 is 21.6 Å². The van der Waals surface area contributed by atoms with Crippen LogP contribution in [0.1, 0.15) is 11.4 Å². The van der Waals surface area contributed by atoms with Crippen LogP contribution in [-0.4, -0.2) is 9.97 Å². The highest BCUT2D eigenvalue weighted by molar-refractivity contribution is 9.10. The van der Waals surface area contributed by atoms with Gasteiger partial charge in [-0.05, 0) is 47.1 Å². The van der Waals surface area contributed by atoms with Crippen LogP contribution in [0.15, 0.2) is 35.1 Å². The van der Waals surface area contributed by atoms with E-state index in [1.54, 1.807) is 0 Å². The van der Waals surface area contributed by atoms with E-state index in [0.29, 0.717) is 0 Å². The number of hydrogen-bond donors (Lipinski definition) is 2. The zero-order chi connectivity index (χ0) is 10.7. The van der Waals surface area contributed by atoms with Crippen molar-refractivity contribution in [1.82, 2.24) is 9.97 Å². The van der Waals surface area contributed by atoms with Gasteiger partial charge < -0.3 is 10.3 Å². The topological polar surface area (TPSA) is 40.7 Å². The molecule has 0 aliphatic rings. The first kappa shape index (κ1) is 10.2. The van der Waals surface area contributed by atoms with Crippen molar-refractivity contribution < 1.29 is 0 Å². The van der Waals surface area contributed by atoms with Gasteiger partial charge in [-0.1, -0.05) is 0 Å². The van der Waals surface area contributed by atoms with Crippen molar-refractivity contribution in [2.24, 2.45) is 0 Å². The number of halogens is 1. The minimum atomic E-state index is 0.789. The smallest absolute Gasteiger partial charge is 0.106 e. The first-order chi connectivity index (χ1) is 7.25. The van der Waals surface area contributed by atoms with Crippen molar-refractivity contribution in [2.45, 2.75) is 13.5 Å². The summed E-state index contributed by atoms with van der Waals surface area (Å²) in [5.74, 6) is 0. The molecule has 78 valence electrons. The van der Waals surface area contributed by atoms with Crippen molar-refractivity contribution in [3.8, 4) is 0 Å². The molecule has 0 unspecified atom stereocenters. The zero-order valence-corrected chi connectivity index (χ0v) is 10.0. The molecule has 0 radical (unpaired) electrons. The molecule has 3 nitrogen and oxygen atoms in total. The van der Waals surface area contributed by atoms with E-state index in [0.717, 1.165) is 28.2 Å². The average Bonchev–Trinajstić information content (AvgIpc) is 2.69. The van der Waals surface area contributed by atoms with E-state index in [9.17, 15) is 0 Å². The van der Waals surface area contributed by atoms with Gasteiger partial charge in [0.2, 0.25) is 0 Å². The van der Waals surface area contributed by atoms with Crippen LogP contribution in [-0.2, 0) is 6.54 Å². The molecule has 0 aromatic carbocycles. The second-order valence-electron chi connectivity index (χ2n) is 3.32. The van der Waals surface area contributed by atoms with Gasteiger partial charge in [0.25, 0.3) is 0 Å². The molecular formula is C11H12BrN3.